The van der Waals surface area contributed by atoms with Gasteiger partial charge in [0.15, 0.2) is 0 Å². The molecule has 140 valence electrons. The highest BCUT2D eigenvalue weighted by atomic mass is 35.5. The topological polar surface area (TPSA) is 83.2 Å². The molecule has 3 rings (SSSR count). The average molecular weight is 386 g/mol. The van der Waals surface area contributed by atoms with Gasteiger partial charge in [-0.15, -0.1) is 0 Å². The third kappa shape index (κ3) is 4.80. The first-order valence-corrected chi connectivity index (χ1v) is 8.78. The molecule has 0 saturated carbocycles. The van der Waals surface area contributed by atoms with Crippen molar-refractivity contribution >= 4 is 45.9 Å². The highest BCUT2D eigenvalue weighted by molar-refractivity contribution is 6.31. The Morgan fingerprint density at radius 2 is 1.67 bits per heavy atom. The van der Waals surface area contributed by atoms with E-state index < -0.39 is 11.7 Å². The van der Waals surface area contributed by atoms with Gasteiger partial charge in [-0.25, -0.2) is 4.79 Å². The number of hydrogen-bond acceptors (Lipinski definition) is 3. The lowest BCUT2D eigenvalue weighted by Crippen LogP contribution is -2.27. The predicted molar refractivity (Wildman–Crippen MR) is 108 cm³/mol. The van der Waals surface area contributed by atoms with Crippen LogP contribution in [-0.2, 0) is 4.74 Å². The number of aromatic nitrogens is 1. The molecule has 6 nitrogen and oxygen atoms in total. The van der Waals surface area contributed by atoms with Crippen molar-refractivity contribution in [3.8, 4) is 0 Å². The largest absolute Gasteiger partial charge is 0.444 e. The van der Waals surface area contributed by atoms with Gasteiger partial charge >= 0.3 is 6.09 Å². The van der Waals surface area contributed by atoms with Crippen molar-refractivity contribution < 1.29 is 14.3 Å². The number of para-hydroxylation sites is 2. The number of carbonyl (C=O) groups is 2. The second-order valence-corrected chi connectivity index (χ2v) is 7.48. The first kappa shape index (κ1) is 18.8. The number of nitrogens with one attached hydrogen (secondary N) is 3. The van der Waals surface area contributed by atoms with Crippen LogP contribution < -0.4 is 10.6 Å². The van der Waals surface area contributed by atoms with Crippen molar-refractivity contribution in [2.75, 3.05) is 10.6 Å². The first-order chi connectivity index (χ1) is 12.7. The van der Waals surface area contributed by atoms with Crippen LogP contribution in [0.25, 0.3) is 10.9 Å². The molecule has 0 radical (unpaired) electrons. The van der Waals surface area contributed by atoms with E-state index in [1.165, 1.54) is 0 Å². The number of ether oxygens (including phenoxy) is 1. The summed E-state index contributed by atoms with van der Waals surface area (Å²) in [7, 11) is 0. The molecule has 2 amide bonds. The number of fused-ring (bicyclic) bond motifs is 1. The number of anilines is 2. The molecule has 0 aliphatic carbocycles. The molecule has 1 aromatic heterocycles. The van der Waals surface area contributed by atoms with Crippen molar-refractivity contribution in [3.63, 3.8) is 0 Å². The van der Waals surface area contributed by atoms with E-state index in [9.17, 15) is 9.59 Å². The molecule has 27 heavy (non-hydrogen) atoms. The monoisotopic (exact) mass is 385 g/mol. The maximum Gasteiger partial charge on any atom is 0.412 e. The number of hydrogen-bond donors (Lipinski definition) is 3. The Balaban J connectivity index is 1.78. The van der Waals surface area contributed by atoms with Gasteiger partial charge in [0, 0.05) is 15.9 Å². The van der Waals surface area contributed by atoms with Gasteiger partial charge in [-0.1, -0.05) is 23.7 Å². The smallest absolute Gasteiger partial charge is 0.412 e. The van der Waals surface area contributed by atoms with Crippen LogP contribution >= 0.6 is 11.6 Å². The molecule has 7 heteroatoms. The number of halogens is 1. The molecule has 0 bridgehead atoms. The van der Waals surface area contributed by atoms with E-state index in [1.807, 2.05) is 6.07 Å². The van der Waals surface area contributed by atoms with Gasteiger partial charge in [0.2, 0.25) is 0 Å². The molecule has 0 saturated heterocycles. The van der Waals surface area contributed by atoms with Crippen LogP contribution in [0.15, 0.2) is 48.5 Å². The molecule has 0 aliphatic rings. The Morgan fingerprint density at radius 1 is 1.00 bits per heavy atom. The third-order valence-electron chi connectivity index (χ3n) is 3.64. The van der Waals surface area contributed by atoms with Crippen LogP contribution in [0.1, 0.15) is 31.3 Å². The Morgan fingerprint density at radius 3 is 2.33 bits per heavy atom. The minimum atomic E-state index is -0.617. The third-order valence-corrected chi connectivity index (χ3v) is 3.87. The Hall–Kier alpha value is -2.99. The molecule has 0 atom stereocenters. The zero-order valence-electron chi connectivity index (χ0n) is 15.2. The average Bonchev–Trinajstić information content (AvgIpc) is 2.98. The standard InChI is InChI=1S/C20H20ClN3O3/c1-20(2,3)27-19(26)24-16-7-5-4-6-15(16)23-18(25)17-11-12-10-13(21)8-9-14(12)22-17/h4-11,22H,1-3H3,(H,23,25)(H,24,26). The maximum absolute atomic E-state index is 12.6. The van der Waals surface area contributed by atoms with Crippen LogP contribution in [0, 0.1) is 0 Å². The molecule has 3 N–H and O–H groups in total. The summed E-state index contributed by atoms with van der Waals surface area (Å²) in [6.45, 7) is 5.34. The van der Waals surface area contributed by atoms with Crippen LogP contribution in [0.4, 0.5) is 16.2 Å². The van der Waals surface area contributed by atoms with E-state index >= 15 is 0 Å². The summed E-state index contributed by atoms with van der Waals surface area (Å²) >= 11 is 5.99. The summed E-state index contributed by atoms with van der Waals surface area (Å²) in [5.74, 6) is -0.333. The zero-order chi connectivity index (χ0) is 19.6. The Labute approximate surface area is 161 Å². The van der Waals surface area contributed by atoms with Gasteiger partial charge in [-0.2, -0.15) is 0 Å². The van der Waals surface area contributed by atoms with Crippen LogP contribution in [0.3, 0.4) is 0 Å². The molecule has 0 fully saturated rings. The first-order valence-electron chi connectivity index (χ1n) is 8.40. The lowest BCUT2D eigenvalue weighted by Gasteiger charge is -2.20. The van der Waals surface area contributed by atoms with Crippen LogP contribution in [0.5, 0.6) is 0 Å². The van der Waals surface area contributed by atoms with Crippen molar-refractivity contribution in [2.45, 2.75) is 26.4 Å². The van der Waals surface area contributed by atoms with Crippen molar-refractivity contribution in [2.24, 2.45) is 0 Å². The van der Waals surface area contributed by atoms with Gasteiger partial charge in [0.25, 0.3) is 5.91 Å². The minimum Gasteiger partial charge on any atom is -0.444 e. The van der Waals surface area contributed by atoms with Crippen molar-refractivity contribution in [3.05, 3.63) is 59.2 Å². The van der Waals surface area contributed by atoms with Crippen LogP contribution in [-0.4, -0.2) is 22.6 Å². The molecule has 0 aliphatic heterocycles. The Bertz CT molecular complexity index is 1010. The summed E-state index contributed by atoms with van der Waals surface area (Å²) in [5.41, 5.74) is 1.49. The molecule has 1 heterocycles. The SMILES string of the molecule is CC(C)(C)OC(=O)Nc1ccccc1NC(=O)c1cc2cc(Cl)ccc2[nH]1. The number of aromatic amines is 1. The molecular weight excluding hydrogens is 366 g/mol. The minimum absolute atomic E-state index is 0.333. The number of amides is 2. The number of H-pyrrole nitrogens is 1. The zero-order valence-corrected chi connectivity index (χ0v) is 16.0. The number of rotatable bonds is 3. The van der Waals surface area contributed by atoms with Gasteiger partial charge in [0.05, 0.1) is 11.4 Å². The highest BCUT2D eigenvalue weighted by Crippen LogP contribution is 2.24. The molecule has 3 aromatic rings. The lowest BCUT2D eigenvalue weighted by molar-refractivity contribution is 0.0635. The van der Waals surface area contributed by atoms with Crippen molar-refractivity contribution in [1.82, 2.24) is 4.98 Å². The number of carbonyl (C=O) groups excluding carboxylic acids is 2. The van der Waals surface area contributed by atoms with Crippen molar-refractivity contribution in [1.29, 1.82) is 0 Å². The molecule has 0 unspecified atom stereocenters. The van der Waals surface area contributed by atoms with E-state index in [0.717, 1.165) is 10.9 Å². The fourth-order valence-electron chi connectivity index (χ4n) is 2.53. The summed E-state index contributed by atoms with van der Waals surface area (Å²) in [6, 6.07) is 14.0. The van der Waals surface area contributed by atoms with Crippen LogP contribution in [0.2, 0.25) is 5.02 Å². The molecule has 2 aromatic carbocycles. The van der Waals surface area contributed by atoms with Gasteiger partial charge in [-0.3, -0.25) is 10.1 Å². The van der Waals surface area contributed by atoms with E-state index in [-0.39, 0.29) is 5.91 Å². The predicted octanol–water partition coefficient (Wildman–Crippen LogP) is 5.42. The van der Waals surface area contributed by atoms with Gasteiger partial charge in [-0.05, 0) is 57.2 Å². The number of benzene rings is 2. The highest BCUT2D eigenvalue weighted by Gasteiger charge is 2.18. The van der Waals surface area contributed by atoms with E-state index in [1.54, 1.807) is 63.2 Å². The molecular formula is C20H20ClN3O3. The molecule has 0 spiro atoms. The van der Waals surface area contributed by atoms with Gasteiger partial charge < -0.3 is 15.0 Å². The van der Waals surface area contributed by atoms with E-state index in [4.69, 9.17) is 16.3 Å². The quantitative estimate of drug-likeness (QED) is 0.562. The van der Waals surface area contributed by atoms with Gasteiger partial charge in [0.1, 0.15) is 11.3 Å². The fraction of sp³-hybridized carbons (Fsp3) is 0.200. The second kappa shape index (κ2) is 7.32. The fourth-order valence-corrected chi connectivity index (χ4v) is 2.71. The Kier molecular flexibility index (Phi) is 5.10. The normalized spacial score (nSPS) is 11.3. The summed E-state index contributed by atoms with van der Waals surface area (Å²) in [6.07, 6.45) is -0.593. The summed E-state index contributed by atoms with van der Waals surface area (Å²) < 4.78 is 5.26. The van der Waals surface area contributed by atoms with E-state index in [0.29, 0.717) is 22.1 Å². The maximum atomic E-state index is 12.6. The lowest BCUT2D eigenvalue weighted by atomic mass is 10.2. The van der Waals surface area contributed by atoms with E-state index in [2.05, 4.69) is 15.6 Å². The summed E-state index contributed by atoms with van der Waals surface area (Å²) in [5, 5.41) is 6.89. The summed E-state index contributed by atoms with van der Waals surface area (Å²) in [4.78, 5) is 27.7. The second-order valence-electron chi connectivity index (χ2n) is 7.04.